The van der Waals surface area contributed by atoms with E-state index in [9.17, 15) is 0 Å². The van der Waals surface area contributed by atoms with Crippen molar-refractivity contribution < 1.29 is 0 Å². The van der Waals surface area contributed by atoms with E-state index >= 15 is 0 Å². The van der Waals surface area contributed by atoms with Crippen LogP contribution in [0.5, 0.6) is 0 Å². The monoisotopic (exact) mass is 801 g/mol. The second-order valence-electron chi connectivity index (χ2n) is 16.5. The van der Waals surface area contributed by atoms with E-state index in [1.807, 2.05) is 0 Å². The number of nitrogens with zero attached hydrogens (tertiary/aromatic N) is 3. The maximum Gasteiger partial charge on any atom is 0.0788 e. The Labute approximate surface area is 364 Å². The molecule has 0 radical (unpaired) electrons. The highest BCUT2D eigenvalue weighted by atomic mass is 15.0. The van der Waals surface area contributed by atoms with Crippen LogP contribution in [0.15, 0.2) is 237 Å². The Morgan fingerprint density at radius 2 is 0.571 bits per heavy atom. The van der Waals surface area contributed by atoms with Gasteiger partial charge in [-0.2, -0.15) is 0 Å². The van der Waals surface area contributed by atoms with E-state index in [1.165, 1.54) is 98.8 Å². The SMILES string of the molecule is c1ccc(-c2ccc(-n3c4ccc(-c5ccc6c(c5)c5ccccc5n6-c5cccc(-c6ccccc6)c5)cc4c4ccc5c6ccccc6n(-c6ccccc6)c5c43)cc2)cc1. The number of benzene rings is 10. The molecule has 0 aliphatic rings. The number of hydrogen-bond donors (Lipinski definition) is 0. The van der Waals surface area contributed by atoms with Crippen molar-refractivity contribution >= 4 is 65.4 Å². The number of para-hydroxylation sites is 3. The Balaban J connectivity index is 1.04. The van der Waals surface area contributed by atoms with Crippen molar-refractivity contribution in [1.29, 1.82) is 0 Å². The van der Waals surface area contributed by atoms with Crippen molar-refractivity contribution in [3.8, 4) is 50.4 Å². The summed E-state index contributed by atoms with van der Waals surface area (Å²) in [5.74, 6) is 0. The van der Waals surface area contributed by atoms with Gasteiger partial charge in [-0.3, -0.25) is 0 Å². The van der Waals surface area contributed by atoms with Crippen LogP contribution in [0, 0.1) is 0 Å². The maximum atomic E-state index is 2.49. The summed E-state index contributed by atoms with van der Waals surface area (Å²) in [5, 5.41) is 7.41. The van der Waals surface area contributed by atoms with Crippen LogP contribution in [0.2, 0.25) is 0 Å². The second kappa shape index (κ2) is 14.1. The van der Waals surface area contributed by atoms with E-state index < -0.39 is 0 Å². The van der Waals surface area contributed by atoms with Gasteiger partial charge in [0.1, 0.15) is 0 Å². The quantitative estimate of drug-likeness (QED) is 0.159. The van der Waals surface area contributed by atoms with Crippen LogP contribution < -0.4 is 0 Å². The zero-order valence-corrected chi connectivity index (χ0v) is 34.4. The topological polar surface area (TPSA) is 14.8 Å². The van der Waals surface area contributed by atoms with Gasteiger partial charge >= 0.3 is 0 Å². The predicted molar refractivity (Wildman–Crippen MR) is 266 cm³/mol. The summed E-state index contributed by atoms with van der Waals surface area (Å²) in [4.78, 5) is 0. The molecule has 0 unspecified atom stereocenters. The van der Waals surface area contributed by atoms with Gasteiger partial charge in [0.2, 0.25) is 0 Å². The molecule has 0 bridgehead atoms. The molecule has 3 heteroatoms. The Morgan fingerprint density at radius 1 is 0.190 bits per heavy atom. The van der Waals surface area contributed by atoms with Gasteiger partial charge in [-0.05, 0) is 106 Å². The van der Waals surface area contributed by atoms with Crippen LogP contribution in [0.25, 0.3) is 116 Å². The molecule has 10 aromatic carbocycles. The molecule has 0 saturated carbocycles. The van der Waals surface area contributed by atoms with Crippen LogP contribution in [-0.4, -0.2) is 13.7 Å². The lowest BCUT2D eigenvalue weighted by molar-refractivity contribution is 1.15. The van der Waals surface area contributed by atoms with Crippen LogP contribution in [0.4, 0.5) is 0 Å². The minimum Gasteiger partial charge on any atom is -0.309 e. The van der Waals surface area contributed by atoms with Crippen molar-refractivity contribution in [2.75, 3.05) is 0 Å². The predicted octanol–water partition coefficient (Wildman–Crippen LogP) is 16.0. The fourth-order valence-corrected chi connectivity index (χ4v) is 10.2. The van der Waals surface area contributed by atoms with Gasteiger partial charge in [-0.15, -0.1) is 0 Å². The average Bonchev–Trinajstić information content (AvgIpc) is 4.00. The lowest BCUT2D eigenvalue weighted by atomic mass is 10.00. The first-order valence-corrected chi connectivity index (χ1v) is 21.7. The highest BCUT2D eigenvalue weighted by molar-refractivity contribution is 6.24. The molecule has 294 valence electrons. The summed E-state index contributed by atoms with van der Waals surface area (Å²) >= 11 is 0. The number of hydrogen-bond acceptors (Lipinski definition) is 0. The Hall–Kier alpha value is -8.40. The minimum atomic E-state index is 1.13. The largest absolute Gasteiger partial charge is 0.309 e. The first kappa shape index (κ1) is 35.4. The molecule has 63 heavy (non-hydrogen) atoms. The molecule has 3 heterocycles. The van der Waals surface area contributed by atoms with Crippen LogP contribution >= 0.6 is 0 Å². The standard InChI is InChI=1S/C60H39N3/c1-4-15-40(16-5-1)42-27-31-47(32-28-42)63-58-36-30-45(39-54(58)52-34-33-51-49-23-10-13-26-56(49)62(59(51)60(52)63)46-20-8-3-9-21-46)44-29-35-57-53(38-44)50-24-11-12-25-55(50)61(57)48-22-14-19-43(37-48)41-17-6-2-7-18-41/h1-39H. The molecular weight excluding hydrogens is 763 g/mol. The first-order chi connectivity index (χ1) is 31.3. The van der Waals surface area contributed by atoms with Gasteiger partial charge in [0.15, 0.2) is 0 Å². The van der Waals surface area contributed by atoms with Gasteiger partial charge < -0.3 is 13.7 Å². The second-order valence-corrected chi connectivity index (χ2v) is 16.5. The molecule has 13 aromatic rings. The van der Waals surface area contributed by atoms with Crippen LogP contribution in [0.3, 0.4) is 0 Å². The zero-order valence-electron chi connectivity index (χ0n) is 34.4. The average molecular weight is 802 g/mol. The highest BCUT2D eigenvalue weighted by Gasteiger charge is 2.22. The third-order valence-corrected chi connectivity index (χ3v) is 13.0. The number of aromatic nitrogens is 3. The maximum absolute atomic E-state index is 2.49. The molecule has 0 aliphatic carbocycles. The van der Waals surface area contributed by atoms with E-state index in [0.29, 0.717) is 0 Å². The van der Waals surface area contributed by atoms with Gasteiger partial charge in [0.25, 0.3) is 0 Å². The molecule has 0 atom stereocenters. The van der Waals surface area contributed by atoms with Crippen molar-refractivity contribution in [2.24, 2.45) is 0 Å². The lowest BCUT2D eigenvalue weighted by Crippen LogP contribution is -1.98. The Kier molecular flexibility index (Phi) is 7.91. The molecule has 0 fully saturated rings. The first-order valence-electron chi connectivity index (χ1n) is 21.7. The Bertz CT molecular complexity index is 3870. The molecule has 3 nitrogen and oxygen atoms in total. The summed E-state index contributed by atoms with van der Waals surface area (Å²) in [6, 6.07) is 86.4. The fraction of sp³-hybridized carbons (Fsp3) is 0. The van der Waals surface area contributed by atoms with E-state index in [1.54, 1.807) is 0 Å². The summed E-state index contributed by atoms with van der Waals surface area (Å²) in [6.07, 6.45) is 0. The molecule has 3 aromatic heterocycles. The van der Waals surface area contributed by atoms with E-state index in [0.717, 1.165) is 17.1 Å². The van der Waals surface area contributed by atoms with Crippen molar-refractivity contribution in [3.63, 3.8) is 0 Å². The summed E-state index contributed by atoms with van der Waals surface area (Å²) in [6.45, 7) is 0. The smallest absolute Gasteiger partial charge is 0.0788 e. The van der Waals surface area contributed by atoms with Gasteiger partial charge in [-0.1, -0.05) is 164 Å². The van der Waals surface area contributed by atoms with Gasteiger partial charge in [0, 0.05) is 49.4 Å². The highest BCUT2D eigenvalue weighted by Crippen LogP contribution is 2.44. The molecular formula is C60H39N3. The van der Waals surface area contributed by atoms with Crippen molar-refractivity contribution in [2.45, 2.75) is 0 Å². The van der Waals surface area contributed by atoms with E-state index in [4.69, 9.17) is 0 Å². The summed E-state index contributed by atoms with van der Waals surface area (Å²) in [7, 11) is 0. The molecule has 0 spiro atoms. The summed E-state index contributed by atoms with van der Waals surface area (Å²) in [5.41, 5.74) is 17.8. The summed E-state index contributed by atoms with van der Waals surface area (Å²) < 4.78 is 7.36. The van der Waals surface area contributed by atoms with E-state index in [-0.39, 0.29) is 0 Å². The molecule has 0 amide bonds. The normalized spacial score (nSPS) is 11.8. The van der Waals surface area contributed by atoms with Crippen LogP contribution in [0.1, 0.15) is 0 Å². The Morgan fingerprint density at radius 3 is 1.21 bits per heavy atom. The molecule has 0 N–H and O–H groups in total. The van der Waals surface area contributed by atoms with E-state index in [2.05, 4.69) is 250 Å². The van der Waals surface area contributed by atoms with Gasteiger partial charge in [-0.25, -0.2) is 0 Å². The molecule has 0 aliphatic heterocycles. The molecule has 13 rings (SSSR count). The molecule has 0 saturated heterocycles. The lowest BCUT2D eigenvalue weighted by Gasteiger charge is -2.13. The third kappa shape index (κ3) is 5.53. The fourth-order valence-electron chi connectivity index (χ4n) is 10.2. The van der Waals surface area contributed by atoms with Gasteiger partial charge in [0.05, 0.1) is 33.1 Å². The van der Waals surface area contributed by atoms with Crippen molar-refractivity contribution in [3.05, 3.63) is 237 Å². The number of fused-ring (bicyclic) bond motifs is 10. The third-order valence-electron chi connectivity index (χ3n) is 13.0. The number of rotatable bonds is 6. The minimum absolute atomic E-state index is 1.13. The zero-order chi connectivity index (χ0) is 41.4. The van der Waals surface area contributed by atoms with Crippen molar-refractivity contribution in [1.82, 2.24) is 13.7 Å². The van der Waals surface area contributed by atoms with Crippen LogP contribution in [-0.2, 0) is 0 Å².